The van der Waals surface area contributed by atoms with Crippen molar-refractivity contribution >= 4 is 17.6 Å². The number of fused-ring (bicyclic) bond motifs is 2. The lowest BCUT2D eigenvalue weighted by Crippen LogP contribution is -2.39. The van der Waals surface area contributed by atoms with E-state index in [1.165, 1.54) is 0 Å². The zero-order valence-corrected chi connectivity index (χ0v) is 12.0. The molecule has 7 heteroatoms. The molecule has 0 unspecified atom stereocenters. The number of carboxylic acid groups (broad SMARTS) is 1. The highest BCUT2D eigenvalue weighted by molar-refractivity contribution is 6.02. The van der Waals surface area contributed by atoms with E-state index in [9.17, 15) is 14.7 Å². The quantitative estimate of drug-likeness (QED) is 0.812. The Hall–Kier alpha value is -2.54. The molecule has 23 heavy (non-hydrogen) atoms. The summed E-state index contributed by atoms with van der Waals surface area (Å²) in [5, 5.41) is 9.46. The van der Waals surface area contributed by atoms with Gasteiger partial charge in [0, 0.05) is 11.8 Å². The number of carbonyl (C=O) groups is 2. The Morgan fingerprint density at radius 1 is 1.30 bits per heavy atom. The van der Waals surface area contributed by atoms with Gasteiger partial charge in [0.05, 0.1) is 18.6 Å². The maximum atomic E-state index is 12.9. The molecule has 4 aliphatic heterocycles. The number of aliphatic carboxylic acids is 1. The minimum absolute atomic E-state index is 0.161. The van der Waals surface area contributed by atoms with Gasteiger partial charge in [-0.25, -0.2) is 0 Å². The predicted octanol–water partition coefficient (Wildman–Crippen LogP) is 0.786. The SMILES string of the molecule is O=C(O)[C@H]1[C@@H]2C=C[C@@]3(CN(c4ccc5c(c4)OCO5)C(=O)[C@@H]13)O2. The van der Waals surface area contributed by atoms with Gasteiger partial charge in [-0.3, -0.25) is 9.59 Å². The number of anilines is 1. The van der Waals surface area contributed by atoms with Crippen molar-refractivity contribution in [3.05, 3.63) is 30.4 Å². The molecule has 1 aromatic rings. The molecule has 0 aromatic heterocycles. The molecule has 1 spiro atoms. The molecule has 4 atom stereocenters. The van der Waals surface area contributed by atoms with Gasteiger partial charge < -0.3 is 24.2 Å². The molecule has 1 amide bonds. The largest absolute Gasteiger partial charge is 0.481 e. The summed E-state index contributed by atoms with van der Waals surface area (Å²) < 4.78 is 16.5. The first-order valence-corrected chi connectivity index (χ1v) is 7.40. The van der Waals surface area contributed by atoms with Gasteiger partial charge >= 0.3 is 5.97 Å². The summed E-state index contributed by atoms with van der Waals surface area (Å²) in [6, 6.07) is 5.26. The second-order valence-corrected chi connectivity index (χ2v) is 6.20. The molecule has 2 fully saturated rings. The number of rotatable bonds is 2. The fourth-order valence-corrected chi connectivity index (χ4v) is 4.05. The van der Waals surface area contributed by atoms with Crippen LogP contribution in [-0.4, -0.2) is 42.0 Å². The van der Waals surface area contributed by atoms with Crippen molar-refractivity contribution in [2.24, 2.45) is 11.8 Å². The molecular weight excluding hydrogens is 302 g/mol. The molecule has 0 radical (unpaired) electrons. The van der Waals surface area contributed by atoms with Crippen molar-refractivity contribution in [2.75, 3.05) is 18.2 Å². The maximum Gasteiger partial charge on any atom is 0.310 e. The first-order valence-electron chi connectivity index (χ1n) is 7.40. The first kappa shape index (κ1) is 13.0. The Balaban J connectivity index is 1.54. The van der Waals surface area contributed by atoms with Crippen LogP contribution in [0.25, 0.3) is 0 Å². The van der Waals surface area contributed by atoms with Crippen LogP contribution in [0.3, 0.4) is 0 Å². The van der Waals surface area contributed by atoms with Crippen molar-refractivity contribution < 1.29 is 28.9 Å². The van der Waals surface area contributed by atoms with E-state index in [2.05, 4.69) is 0 Å². The lowest BCUT2D eigenvalue weighted by molar-refractivity contribution is -0.146. The van der Waals surface area contributed by atoms with Crippen LogP contribution in [0.2, 0.25) is 0 Å². The van der Waals surface area contributed by atoms with Gasteiger partial charge in [-0.1, -0.05) is 12.2 Å². The van der Waals surface area contributed by atoms with Crippen LogP contribution in [0.5, 0.6) is 11.5 Å². The Morgan fingerprint density at radius 3 is 2.96 bits per heavy atom. The smallest absolute Gasteiger partial charge is 0.310 e. The van der Waals surface area contributed by atoms with Crippen molar-refractivity contribution in [2.45, 2.75) is 11.7 Å². The fourth-order valence-electron chi connectivity index (χ4n) is 4.05. The van der Waals surface area contributed by atoms with E-state index in [4.69, 9.17) is 14.2 Å². The zero-order chi connectivity index (χ0) is 15.8. The highest BCUT2D eigenvalue weighted by Crippen LogP contribution is 2.53. The molecule has 0 aliphatic carbocycles. The number of hydrogen-bond acceptors (Lipinski definition) is 5. The van der Waals surface area contributed by atoms with Crippen LogP contribution in [0, 0.1) is 11.8 Å². The van der Waals surface area contributed by atoms with Crippen LogP contribution in [0.4, 0.5) is 5.69 Å². The number of amides is 1. The van der Waals surface area contributed by atoms with Gasteiger partial charge in [0.2, 0.25) is 12.7 Å². The molecule has 5 rings (SSSR count). The normalized spacial score (nSPS) is 35.9. The summed E-state index contributed by atoms with van der Waals surface area (Å²) in [5.74, 6) is -1.50. The zero-order valence-electron chi connectivity index (χ0n) is 12.0. The molecule has 1 aromatic carbocycles. The lowest BCUT2D eigenvalue weighted by Gasteiger charge is -2.21. The molecule has 2 bridgehead atoms. The summed E-state index contributed by atoms with van der Waals surface area (Å²) in [5.41, 5.74) is -0.172. The predicted molar refractivity (Wildman–Crippen MR) is 76.3 cm³/mol. The number of nitrogens with zero attached hydrogens (tertiary/aromatic N) is 1. The summed E-state index contributed by atoms with van der Waals surface area (Å²) >= 11 is 0. The van der Waals surface area contributed by atoms with E-state index in [1.807, 2.05) is 6.08 Å². The number of ether oxygens (including phenoxy) is 3. The molecule has 4 aliphatic rings. The molecule has 2 saturated heterocycles. The number of benzene rings is 1. The average molecular weight is 315 g/mol. The summed E-state index contributed by atoms with van der Waals surface area (Å²) in [7, 11) is 0. The molecule has 118 valence electrons. The number of hydrogen-bond donors (Lipinski definition) is 1. The van der Waals surface area contributed by atoms with Gasteiger partial charge in [-0.2, -0.15) is 0 Å². The standard InChI is InChI=1S/C16H13NO6/c18-14-13-12(15(19)20)10-3-4-16(13,23-10)6-17(14)8-1-2-9-11(5-8)22-7-21-9/h1-5,10,12-13H,6-7H2,(H,19,20)/t10-,12-,13+,16-/m0/s1. The monoisotopic (exact) mass is 315 g/mol. The third kappa shape index (κ3) is 1.52. The van der Waals surface area contributed by atoms with Gasteiger partial charge in [0.25, 0.3) is 0 Å². The third-order valence-corrected chi connectivity index (χ3v) is 5.05. The Morgan fingerprint density at radius 2 is 2.13 bits per heavy atom. The van der Waals surface area contributed by atoms with Crippen LogP contribution in [0.1, 0.15) is 0 Å². The highest BCUT2D eigenvalue weighted by atomic mass is 16.7. The van der Waals surface area contributed by atoms with Gasteiger partial charge in [0.1, 0.15) is 11.5 Å². The summed E-state index contributed by atoms with van der Waals surface area (Å²) in [4.78, 5) is 26.0. The number of carboxylic acids is 1. The summed E-state index contributed by atoms with van der Waals surface area (Å²) in [6.07, 6.45) is 3.08. The second-order valence-electron chi connectivity index (χ2n) is 6.20. The van der Waals surface area contributed by atoms with Gasteiger partial charge in [0.15, 0.2) is 11.5 Å². The molecule has 0 saturated carbocycles. The van der Waals surface area contributed by atoms with Crippen LogP contribution >= 0.6 is 0 Å². The molecule has 7 nitrogen and oxygen atoms in total. The topological polar surface area (TPSA) is 85.3 Å². The first-order chi connectivity index (χ1) is 11.1. The van der Waals surface area contributed by atoms with Crippen molar-refractivity contribution in [3.8, 4) is 11.5 Å². The van der Waals surface area contributed by atoms with E-state index >= 15 is 0 Å². The molecular formula is C16H13NO6. The van der Waals surface area contributed by atoms with Crippen molar-refractivity contribution in [3.63, 3.8) is 0 Å². The average Bonchev–Trinajstić information content (AvgIpc) is 3.26. The highest BCUT2D eigenvalue weighted by Gasteiger charge is 2.67. The van der Waals surface area contributed by atoms with Crippen LogP contribution in [-0.2, 0) is 14.3 Å². The van der Waals surface area contributed by atoms with Gasteiger partial charge in [-0.05, 0) is 12.1 Å². The summed E-state index contributed by atoms with van der Waals surface area (Å²) in [6.45, 7) is 0.473. The van der Waals surface area contributed by atoms with E-state index < -0.39 is 29.5 Å². The minimum atomic E-state index is -0.993. The van der Waals surface area contributed by atoms with E-state index in [0.29, 0.717) is 23.7 Å². The van der Waals surface area contributed by atoms with Crippen LogP contribution < -0.4 is 14.4 Å². The number of carbonyl (C=O) groups excluding carboxylic acids is 1. The maximum absolute atomic E-state index is 12.9. The van der Waals surface area contributed by atoms with Crippen molar-refractivity contribution in [1.82, 2.24) is 0 Å². The van der Waals surface area contributed by atoms with E-state index in [0.717, 1.165) is 0 Å². The van der Waals surface area contributed by atoms with Gasteiger partial charge in [-0.15, -0.1) is 0 Å². The Bertz CT molecular complexity index is 774. The molecule has 4 heterocycles. The van der Waals surface area contributed by atoms with E-state index in [-0.39, 0.29) is 12.7 Å². The van der Waals surface area contributed by atoms with E-state index in [1.54, 1.807) is 29.2 Å². The Kier molecular flexibility index (Phi) is 2.28. The Labute approximate surface area is 131 Å². The fraction of sp³-hybridized carbons (Fsp3) is 0.375. The third-order valence-electron chi connectivity index (χ3n) is 5.05. The lowest BCUT2D eigenvalue weighted by atomic mass is 9.77. The second kappa shape index (κ2) is 4.05. The minimum Gasteiger partial charge on any atom is -0.481 e. The van der Waals surface area contributed by atoms with Crippen LogP contribution in [0.15, 0.2) is 30.4 Å². The van der Waals surface area contributed by atoms with Crippen molar-refractivity contribution in [1.29, 1.82) is 0 Å². The molecule has 1 N–H and O–H groups in total.